The second-order valence-corrected chi connectivity index (χ2v) is 4.47. The highest BCUT2D eigenvalue weighted by molar-refractivity contribution is 6.30. The normalized spacial score (nSPS) is 23.1. The quantitative estimate of drug-likeness (QED) is 0.734. The Labute approximate surface area is 90.5 Å². The molecule has 1 fully saturated rings. The monoisotopic (exact) mass is 210 g/mol. The molecule has 76 valence electrons. The Morgan fingerprint density at radius 3 is 2.64 bits per heavy atom. The Bertz CT molecular complexity index is 273. The molecule has 0 bridgehead atoms. The van der Waals surface area contributed by atoms with E-state index in [1.54, 1.807) is 0 Å². The van der Waals surface area contributed by atoms with E-state index in [1.807, 2.05) is 12.1 Å². The van der Waals surface area contributed by atoms with Gasteiger partial charge in [-0.05, 0) is 31.4 Å². The van der Waals surface area contributed by atoms with E-state index < -0.39 is 0 Å². The first-order chi connectivity index (χ1) is 6.86. The van der Waals surface area contributed by atoms with Gasteiger partial charge in [-0.3, -0.25) is 0 Å². The van der Waals surface area contributed by atoms with Gasteiger partial charge in [-0.2, -0.15) is 0 Å². The largest absolute Gasteiger partial charge is 0.340 e. The van der Waals surface area contributed by atoms with Crippen LogP contribution < -0.4 is 5.32 Å². The first-order valence-electron chi connectivity index (χ1n) is 5.45. The number of nitrogens with two attached hydrogens (primary N) is 1. The average Bonchev–Trinajstić information content (AvgIpc) is 2.47. The van der Waals surface area contributed by atoms with Gasteiger partial charge in [0.25, 0.3) is 0 Å². The van der Waals surface area contributed by atoms with Crippen LogP contribution in [0.1, 0.15) is 37.3 Å². The molecule has 1 atom stereocenters. The lowest BCUT2D eigenvalue weighted by Gasteiger charge is -2.12. The molecular formula is C12H17ClN+. The summed E-state index contributed by atoms with van der Waals surface area (Å²) in [5, 5.41) is 3.30. The lowest BCUT2D eigenvalue weighted by atomic mass is 10.0. The molecule has 1 nitrogen and oxygen atoms in total. The van der Waals surface area contributed by atoms with Gasteiger partial charge in [0, 0.05) is 17.0 Å². The van der Waals surface area contributed by atoms with E-state index in [0.717, 1.165) is 5.02 Å². The third-order valence-corrected chi connectivity index (χ3v) is 3.22. The zero-order valence-corrected chi connectivity index (χ0v) is 9.13. The van der Waals surface area contributed by atoms with Crippen LogP contribution in [0.2, 0.25) is 5.02 Å². The first kappa shape index (κ1) is 10.0. The van der Waals surface area contributed by atoms with Crippen molar-refractivity contribution >= 4 is 11.6 Å². The molecule has 0 spiro atoms. The Morgan fingerprint density at radius 2 is 1.86 bits per heavy atom. The number of rotatable bonds is 1. The van der Waals surface area contributed by atoms with Crippen LogP contribution in [-0.2, 0) is 0 Å². The maximum absolute atomic E-state index is 5.87. The van der Waals surface area contributed by atoms with E-state index >= 15 is 0 Å². The van der Waals surface area contributed by atoms with Gasteiger partial charge in [0.15, 0.2) is 0 Å². The molecular weight excluding hydrogens is 194 g/mol. The molecule has 14 heavy (non-hydrogen) atoms. The van der Waals surface area contributed by atoms with Crippen molar-refractivity contribution in [3.05, 3.63) is 34.9 Å². The first-order valence-corrected chi connectivity index (χ1v) is 5.83. The molecule has 0 aliphatic carbocycles. The van der Waals surface area contributed by atoms with Crippen LogP contribution in [0.3, 0.4) is 0 Å². The molecule has 1 aromatic carbocycles. The number of hydrogen-bond acceptors (Lipinski definition) is 0. The zero-order valence-electron chi connectivity index (χ0n) is 8.38. The molecule has 1 heterocycles. The molecule has 0 amide bonds. The summed E-state index contributed by atoms with van der Waals surface area (Å²) in [4.78, 5) is 0. The number of quaternary nitrogens is 1. The average molecular weight is 211 g/mol. The number of halogens is 1. The lowest BCUT2D eigenvalue weighted by Crippen LogP contribution is -2.84. The summed E-state index contributed by atoms with van der Waals surface area (Å²) in [7, 11) is 0. The van der Waals surface area contributed by atoms with Crippen LogP contribution in [0, 0.1) is 0 Å². The van der Waals surface area contributed by atoms with Crippen molar-refractivity contribution in [3.8, 4) is 0 Å². The molecule has 0 unspecified atom stereocenters. The van der Waals surface area contributed by atoms with Gasteiger partial charge in [-0.15, -0.1) is 0 Å². The molecule has 0 radical (unpaired) electrons. The molecule has 0 saturated carbocycles. The van der Waals surface area contributed by atoms with Crippen LogP contribution in [0.4, 0.5) is 0 Å². The van der Waals surface area contributed by atoms with Crippen LogP contribution in [-0.4, -0.2) is 6.54 Å². The molecule has 2 rings (SSSR count). The van der Waals surface area contributed by atoms with Gasteiger partial charge < -0.3 is 5.32 Å². The summed E-state index contributed by atoms with van der Waals surface area (Å²) in [5.74, 6) is 0. The van der Waals surface area contributed by atoms with Crippen LogP contribution >= 0.6 is 11.6 Å². The summed E-state index contributed by atoms with van der Waals surface area (Å²) in [6.45, 7) is 1.27. The molecule has 1 aliphatic heterocycles. The van der Waals surface area contributed by atoms with Crippen LogP contribution in [0.5, 0.6) is 0 Å². The van der Waals surface area contributed by atoms with Gasteiger partial charge in [0.2, 0.25) is 0 Å². The maximum Gasteiger partial charge on any atom is 0.112 e. The second kappa shape index (κ2) is 4.81. The fourth-order valence-corrected chi connectivity index (χ4v) is 2.26. The van der Waals surface area contributed by atoms with Crippen molar-refractivity contribution in [2.24, 2.45) is 0 Å². The SMILES string of the molecule is Clc1ccc([C@H]2CCCCC[NH2+]2)cc1. The maximum atomic E-state index is 5.87. The van der Waals surface area contributed by atoms with Crippen molar-refractivity contribution in [2.45, 2.75) is 31.7 Å². The number of benzene rings is 1. The lowest BCUT2D eigenvalue weighted by molar-refractivity contribution is -0.694. The summed E-state index contributed by atoms with van der Waals surface area (Å²) < 4.78 is 0. The van der Waals surface area contributed by atoms with Crippen molar-refractivity contribution < 1.29 is 5.32 Å². The zero-order chi connectivity index (χ0) is 9.80. The molecule has 0 aromatic heterocycles. The van der Waals surface area contributed by atoms with Gasteiger partial charge in [0.1, 0.15) is 6.04 Å². The van der Waals surface area contributed by atoms with Crippen molar-refractivity contribution in [1.29, 1.82) is 0 Å². The van der Waals surface area contributed by atoms with Crippen LogP contribution in [0.15, 0.2) is 24.3 Å². The molecule has 2 heteroatoms. The predicted molar refractivity (Wildman–Crippen MR) is 59.5 cm³/mol. The Balaban J connectivity index is 2.08. The molecule has 1 saturated heterocycles. The summed E-state index contributed by atoms with van der Waals surface area (Å²) in [6, 6.07) is 8.98. The highest BCUT2D eigenvalue weighted by atomic mass is 35.5. The fraction of sp³-hybridized carbons (Fsp3) is 0.500. The molecule has 2 N–H and O–H groups in total. The third kappa shape index (κ3) is 2.49. The Hall–Kier alpha value is -0.530. The van der Waals surface area contributed by atoms with Gasteiger partial charge in [0.05, 0.1) is 6.54 Å². The van der Waals surface area contributed by atoms with E-state index in [-0.39, 0.29) is 0 Å². The minimum atomic E-state index is 0.662. The minimum Gasteiger partial charge on any atom is -0.340 e. The molecule has 1 aromatic rings. The van der Waals surface area contributed by atoms with Crippen molar-refractivity contribution in [3.63, 3.8) is 0 Å². The molecule has 1 aliphatic rings. The minimum absolute atomic E-state index is 0.662. The highest BCUT2D eigenvalue weighted by Gasteiger charge is 2.16. The van der Waals surface area contributed by atoms with E-state index in [0.29, 0.717) is 6.04 Å². The Morgan fingerprint density at radius 1 is 1.07 bits per heavy atom. The predicted octanol–water partition coefficient (Wildman–Crippen LogP) is 2.52. The van der Waals surface area contributed by atoms with E-state index in [1.165, 1.54) is 37.8 Å². The van der Waals surface area contributed by atoms with Crippen molar-refractivity contribution in [1.82, 2.24) is 0 Å². The van der Waals surface area contributed by atoms with Crippen LogP contribution in [0.25, 0.3) is 0 Å². The van der Waals surface area contributed by atoms with Gasteiger partial charge in [-0.25, -0.2) is 0 Å². The second-order valence-electron chi connectivity index (χ2n) is 4.03. The Kier molecular flexibility index (Phi) is 3.44. The smallest absolute Gasteiger partial charge is 0.112 e. The summed E-state index contributed by atoms with van der Waals surface area (Å²) in [6.07, 6.45) is 5.43. The fourth-order valence-electron chi connectivity index (χ4n) is 2.13. The highest BCUT2D eigenvalue weighted by Crippen LogP contribution is 2.19. The van der Waals surface area contributed by atoms with E-state index in [4.69, 9.17) is 11.6 Å². The number of hydrogen-bond donors (Lipinski definition) is 1. The van der Waals surface area contributed by atoms with Gasteiger partial charge in [-0.1, -0.05) is 23.7 Å². The standard InChI is InChI=1S/C12H16ClN/c13-11-7-5-10(6-8-11)12-4-2-1-3-9-14-12/h5-8,12,14H,1-4,9H2/p+1/t12-/m1/s1. The summed E-state index contributed by atoms with van der Waals surface area (Å²) in [5.41, 5.74) is 1.43. The van der Waals surface area contributed by atoms with E-state index in [9.17, 15) is 0 Å². The van der Waals surface area contributed by atoms with Gasteiger partial charge >= 0.3 is 0 Å². The van der Waals surface area contributed by atoms with E-state index in [2.05, 4.69) is 17.4 Å². The van der Waals surface area contributed by atoms with Crippen molar-refractivity contribution in [2.75, 3.05) is 6.54 Å². The summed E-state index contributed by atoms with van der Waals surface area (Å²) >= 11 is 5.87. The third-order valence-electron chi connectivity index (χ3n) is 2.97. The topological polar surface area (TPSA) is 16.6 Å².